The topological polar surface area (TPSA) is 38.3 Å². The van der Waals surface area contributed by atoms with E-state index in [9.17, 15) is 4.79 Å². The minimum atomic E-state index is -0.238. The first-order valence-corrected chi connectivity index (χ1v) is 4.86. The van der Waals surface area contributed by atoms with Crippen LogP contribution in [-0.4, -0.2) is 27.2 Å². The summed E-state index contributed by atoms with van der Waals surface area (Å²) in [5, 5.41) is 3.07. The van der Waals surface area contributed by atoms with E-state index >= 15 is 0 Å². The SMILES string of the molecule is CNc1cc2c(cc1C)[N+](C)(C)C(=O)O2. The monoisotopic (exact) mass is 207 g/mol. The fourth-order valence-electron chi connectivity index (χ4n) is 1.77. The Kier molecular flexibility index (Phi) is 1.98. The summed E-state index contributed by atoms with van der Waals surface area (Å²) in [6.07, 6.45) is -0.238. The number of anilines is 1. The highest BCUT2D eigenvalue weighted by molar-refractivity contribution is 5.92. The van der Waals surface area contributed by atoms with Crippen molar-refractivity contribution in [1.82, 2.24) is 4.48 Å². The minimum Gasteiger partial charge on any atom is -0.388 e. The summed E-state index contributed by atoms with van der Waals surface area (Å²) >= 11 is 0. The molecule has 1 aromatic carbocycles. The molecule has 0 radical (unpaired) electrons. The van der Waals surface area contributed by atoms with Crippen LogP contribution in [0.3, 0.4) is 0 Å². The van der Waals surface area contributed by atoms with Gasteiger partial charge in [-0.05, 0) is 12.5 Å². The van der Waals surface area contributed by atoms with Crippen LogP contribution in [0.15, 0.2) is 12.1 Å². The first kappa shape index (κ1) is 9.98. The molecule has 1 aliphatic heterocycles. The predicted octanol–water partition coefficient (Wildman–Crippen LogP) is 2.12. The van der Waals surface area contributed by atoms with Gasteiger partial charge in [0.2, 0.25) is 0 Å². The summed E-state index contributed by atoms with van der Waals surface area (Å²) in [4.78, 5) is 11.6. The van der Waals surface area contributed by atoms with E-state index in [0.717, 1.165) is 16.9 Å². The van der Waals surface area contributed by atoms with Crippen LogP contribution in [0.4, 0.5) is 16.2 Å². The van der Waals surface area contributed by atoms with Crippen molar-refractivity contribution >= 4 is 17.5 Å². The van der Waals surface area contributed by atoms with E-state index in [2.05, 4.69) is 5.32 Å². The lowest BCUT2D eigenvalue weighted by Crippen LogP contribution is -2.43. The molecule has 0 bridgehead atoms. The van der Waals surface area contributed by atoms with Crippen LogP contribution in [0.2, 0.25) is 0 Å². The number of benzene rings is 1. The molecule has 15 heavy (non-hydrogen) atoms. The Labute approximate surface area is 89.0 Å². The fourth-order valence-corrected chi connectivity index (χ4v) is 1.77. The van der Waals surface area contributed by atoms with Gasteiger partial charge in [-0.25, -0.2) is 0 Å². The molecule has 1 N–H and O–H groups in total. The molecule has 0 aromatic heterocycles. The number of carbonyl (C=O) groups excluding carboxylic acids is 1. The van der Waals surface area contributed by atoms with Gasteiger partial charge in [-0.15, -0.1) is 0 Å². The number of fused-ring (bicyclic) bond motifs is 1. The van der Waals surface area contributed by atoms with E-state index < -0.39 is 0 Å². The molecule has 0 fully saturated rings. The Hall–Kier alpha value is -1.55. The molecule has 0 spiro atoms. The van der Waals surface area contributed by atoms with Crippen molar-refractivity contribution in [2.24, 2.45) is 0 Å². The largest absolute Gasteiger partial charge is 0.526 e. The Morgan fingerprint density at radius 1 is 1.33 bits per heavy atom. The molecule has 4 nitrogen and oxygen atoms in total. The maximum atomic E-state index is 11.6. The number of hydrogen-bond acceptors (Lipinski definition) is 3. The zero-order valence-corrected chi connectivity index (χ0v) is 9.42. The minimum absolute atomic E-state index is 0.153. The number of carbonyl (C=O) groups is 1. The molecule has 0 atom stereocenters. The van der Waals surface area contributed by atoms with Crippen molar-refractivity contribution in [3.8, 4) is 5.75 Å². The van der Waals surface area contributed by atoms with Crippen LogP contribution in [0.1, 0.15) is 5.56 Å². The number of quaternary nitrogens is 1. The van der Waals surface area contributed by atoms with Crippen molar-refractivity contribution in [2.75, 3.05) is 26.5 Å². The Balaban J connectivity index is 2.61. The number of hydrogen-bond donors (Lipinski definition) is 1. The fraction of sp³-hybridized carbons (Fsp3) is 0.364. The molecular formula is C11H15N2O2+. The number of amides is 1. The van der Waals surface area contributed by atoms with Crippen LogP contribution in [0.5, 0.6) is 5.75 Å². The maximum absolute atomic E-state index is 11.6. The van der Waals surface area contributed by atoms with E-state index in [1.807, 2.05) is 40.2 Å². The van der Waals surface area contributed by atoms with Crippen LogP contribution in [0.25, 0.3) is 0 Å². The van der Waals surface area contributed by atoms with Crippen molar-refractivity contribution in [1.29, 1.82) is 0 Å². The number of nitrogens with zero attached hydrogens (tertiary/aromatic N) is 1. The third-order valence-corrected chi connectivity index (χ3v) is 2.83. The van der Waals surface area contributed by atoms with Gasteiger partial charge in [0.05, 0.1) is 14.1 Å². The van der Waals surface area contributed by atoms with Crippen LogP contribution < -0.4 is 14.5 Å². The third-order valence-electron chi connectivity index (χ3n) is 2.83. The van der Waals surface area contributed by atoms with Gasteiger partial charge in [0.1, 0.15) is 0 Å². The number of rotatable bonds is 1. The number of ether oxygens (including phenoxy) is 1. The third kappa shape index (κ3) is 1.29. The molecular weight excluding hydrogens is 192 g/mol. The van der Waals surface area contributed by atoms with Crippen molar-refractivity contribution in [3.05, 3.63) is 17.7 Å². The highest BCUT2D eigenvalue weighted by Crippen LogP contribution is 2.41. The molecule has 1 heterocycles. The summed E-state index contributed by atoms with van der Waals surface area (Å²) in [6.45, 7) is 2.01. The second-order valence-corrected chi connectivity index (χ2v) is 4.21. The molecule has 1 aliphatic rings. The van der Waals surface area contributed by atoms with E-state index in [1.54, 1.807) is 0 Å². The van der Waals surface area contributed by atoms with Gasteiger partial charge < -0.3 is 10.1 Å². The molecule has 0 unspecified atom stereocenters. The lowest BCUT2D eigenvalue weighted by Gasteiger charge is -2.17. The van der Waals surface area contributed by atoms with E-state index in [0.29, 0.717) is 5.75 Å². The lowest BCUT2D eigenvalue weighted by atomic mass is 10.1. The summed E-state index contributed by atoms with van der Waals surface area (Å²) < 4.78 is 5.37. The predicted molar refractivity (Wildman–Crippen MR) is 60.4 cm³/mol. The van der Waals surface area contributed by atoms with Crippen LogP contribution in [-0.2, 0) is 0 Å². The number of aryl methyl sites for hydroxylation is 1. The van der Waals surface area contributed by atoms with Gasteiger partial charge in [0.25, 0.3) is 0 Å². The van der Waals surface area contributed by atoms with Crippen LogP contribution >= 0.6 is 0 Å². The average Bonchev–Trinajstić information content (AvgIpc) is 2.39. The quantitative estimate of drug-likeness (QED) is 0.717. The number of nitrogens with one attached hydrogen (secondary N) is 1. The molecule has 1 aromatic rings. The molecule has 0 saturated carbocycles. The van der Waals surface area contributed by atoms with Gasteiger partial charge in [-0.3, -0.25) is 0 Å². The van der Waals surface area contributed by atoms with E-state index in [1.165, 1.54) is 0 Å². The average molecular weight is 207 g/mol. The maximum Gasteiger partial charge on any atom is 0.526 e. The van der Waals surface area contributed by atoms with Gasteiger partial charge in [0, 0.05) is 24.9 Å². The highest BCUT2D eigenvalue weighted by Gasteiger charge is 2.42. The van der Waals surface area contributed by atoms with Crippen molar-refractivity contribution in [3.63, 3.8) is 0 Å². The molecule has 0 saturated heterocycles. The summed E-state index contributed by atoms with van der Waals surface area (Å²) in [7, 11) is 5.50. The Morgan fingerprint density at radius 3 is 2.60 bits per heavy atom. The Morgan fingerprint density at radius 2 is 2.00 bits per heavy atom. The molecule has 80 valence electrons. The smallest absolute Gasteiger partial charge is 0.388 e. The zero-order valence-electron chi connectivity index (χ0n) is 9.42. The highest BCUT2D eigenvalue weighted by atomic mass is 16.6. The molecule has 2 rings (SSSR count). The second kappa shape index (κ2) is 2.97. The van der Waals surface area contributed by atoms with Crippen LogP contribution in [0, 0.1) is 6.92 Å². The standard InChI is InChI=1S/C11H15N2O2/c1-7-5-9-10(6-8(7)12-2)15-11(14)13(9,3)4/h5-6,12H,1-4H3/q+1. The van der Waals surface area contributed by atoms with Crippen molar-refractivity contribution < 1.29 is 9.53 Å². The van der Waals surface area contributed by atoms with Gasteiger partial charge in [-0.1, -0.05) is 0 Å². The van der Waals surface area contributed by atoms with Crippen molar-refractivity contribution in [2.45, 2.75) is 6.92 Å². The van der Waals surface area contributed by atoms with Gasteiger partial charge >= 0.3 is 6.09 Å². The normalized spacial score (nSPS) is 17.2. The van der Waals surface area contributed by atoms with Gasteiger partial charge in [-0.2, -0.15) is 9.28 Å². The van der Waals surface area contributed by atoms with Gasteiger partial charge in [0.15, 0.2) is 11.4 Å². The molecule has 0 aliphatic carbocycles. The summed E-state index contributed by atoms with van der Waals surface area (Å²) in [5.74, 6) is 0.653. The second-order valence-electron chi connectivity index (χ2n) is 4.21. The Bertz CT molecular complexity index is 438. The first-order valence-electron chi connectivity index (χ1n) is 4.86. The van der Waals surface area contributed by atoms with E-state index in [4.69, 9.17) is 4.74 Å². The lowest BCUT2D eigenvalue weighted by molar-refractivity contribution is 0.185. The summed E-state index contributed by atoms with van der Waals surface area (Å²) in [6, 6.07) is 3.86. The molecule has 1 amide bonds. The zero-order chi connectivity index (χ0) is 11.2. The summed E-state index contributed by atoms with van der Waals surface area (Å²) in [5.41, 5.74) is 3.01. The van der Waals surface area contributed by atoms with E-state index in [-0.39, 0.29) is 10.6 Å². The first-order chi connectivity index (χ1) is 6.96. The molecule has 4 heteroatoms.